The van der Waals surface area contributed by atoms with Gasteiger partial charge < -0.3 is 4.90 Å². The second-order valence-electron chi connectivity index (χ2n) is 6.06. The monoisotopic (exact) mass is 303 g/mol. The Balaban J connectivity index is 1.72. The standard InChI is InChI=1S/C16H21N3O3/c20-16(12-17-8-3-1-2-4-9-17)18-10-7-13-5-6-14(19(21)22)11-15(13)18/h5-6,11H,1-4,7-10,12H2. The van der Waals surface area contributed by atoms with Crippen molar-refractivity contribution in [2.45, 2.75) is 32.1 Å². The normalized spacial score (nSPS) is 18.8. The van der Waals surface area contributed by atoms with E-state index in [1.165, 1.54) is 25.0 Å². The molecule has 0 spiro atoms. The van der Waals surface area contributed by atoms with Crippen molar-refractivity contribution in [3.63, 3.8) is 0 Å². The first-order chi connectivity index (χ1) is 10.6. The van der Waals surface area contributed by atoms with E-state index >= 15 is 0 Å². The molecule has 1 saturated heterocycles. The van der Waals surface area contributed by atoms with Gasteiger partial charge in [0.15, 0.2) is 0 Å². The fraction of sp³-hybridized carbons (Fsp3) is 0.562. The lowest BCUT2D eigenvalue weighted by Crippen LogP contribution is -2.40. The van der Waals surface area contributed by atoms with E-state index in [9.17, 15) is 14.9 Å². The van der Waals surface area contributed by atoms with Crippen molar-refractivity contribution in [1.29, 1.82) is 0 Å². The van der Waals surface area contributed by atoms with Crippen LogP contribution in [0.4, 0.5) is 11.4 Å². The average molecular weight is 303 g/mol. The number of fused-ring (bicyclic) bond motifs is 1. The topological polar surface area (TPSA) is 66.7 Å². The number of likely N-dealkylation sites (tertiary alicyclic amines) is 1. The Labute approximate surface area is 129 Å². The third-order valence-corrected chi connectivity index (χ3v) is 4.53. The zero-order valence-electron chi connectivity index (χ0n) is 12.7. The summed E-state index contributed by atoms with van der Waals surface area (Å²) in [6, 6.07) is 4.82. The van der Waals surface area contributed by atoms with Crippen LogP contribution in [0.5, 0.6) is 0 Å². The van der Waals surface area contributed by atoms with Crippen molar-refractivity contribution < 1.29 is 9.72 Å². The molecule has 2 heterocycles. The minimum Gasteiger partial charge on any atom is -0.310 e. The number of hydrogen-bond acceptors (Lipinski definition) is 4. The molecular formula is C16H21N3O3. The van der Waals surface area contributed by atoms with E-state index in [4.69, 9.17) is 0 Å². The smallest absolute Gasteiger partial charge is 0.271 e. The quantitative estimate of drug-likeness (QED) is 0.635. The van der Waals surface area contributed by atoms with Gasteiger partial charge in [-0.2, -0.15) is 0 Å². The number of nitro benzene ring substituents is 1. The van der Waals surface area contributed by atoms with Gasteiger partial charge >= 0.3 is 0 Å². The lowest BCUT2D eigenvalue weighted by molar-refractivity contribution is -0.384. The van der Waals surface area contributed by atoms with Crippen LogP contribution in [0.3, 0.4) is 0 Å². The molecule has 0 aromatic heterocycles. The van der Waals surface area contributed by atoms with Gasteiger partial charge in [0.25, 0.3) is 5.69 Å². The number of nitrogens with zero attached hydrogens (tertiary/aromatic N) is 3. The summed E-state index contributed by atoms with van der Waals surface area (Å²) in [4.78, 5) is 27.0. The van der Waals surface area contributed by atoms with Crippen LogP contribution in [0.25, 0.3) is 0 Å². The number of carbonyl (C=O) groups is 1. The number of anilines is 1. The van der Waals surface area contributed by atoms with E-state index in [2.05, 4.69) is 4.90 Å². The van der Waals surface area contributed by atoms with Crippen molar-refractivity contribution in [3.05, 3.63) is 33.9 Å². The van der Waals surface area contributed by atoms with Gasteiger partial charge in [0, 0.05) is 18.7 Å². The largest absolute Gasteiger partial charge is 0.310 e. The van der Waals surface area contributed by atoms with E-state index in [-0.39, 0.29) is 11.6 Å². The van der Waals surface area contributed by atoms with Crippen LogP contribution in [-0.2, 0) is 11.2 Å². The van der Waals surface area contributed by atoms with Gasteiger partial charge in [-0.1, -0.05) is 18.9 Å². The van der Waals surface area contributed by atoms with Crippen LogP contribution in [0.15, 0.2) is 18.2 Å². The molecule has 0 aliphatic carbocycles. The Morgan fingerprint density at radius 1 is 1.14 bits per heavy atom. The molecule has 0 atom stereocenters. The van der Waals surface area contributed by atoms with E-state index in [0.717, 1.165) is 37.9 Å². The van der Waals surface area contributed by atoms with Gasteiger partial charge in [0.1, 0.15) is 0 Å². The second-order valence-corrected chi connectivity index (χ2v) is 6.06. The summed E-state index contributed by atoms with van der Waals surface area (Å²) in [5.41, 5.74) is 1.79. The molecule has 6 nitrogen and oxygen atoms in total. The highest BCUT2D eigenvalue weighted by Gasteiger charge is 2.27. The fourth-order valence-corrected chi connectivity index (χ4v) is 3.31. The first-order valence-electron chi connectivity index (χ1n) is 7.95. The van der Waals surface area contributed by atoms with Gasteiger partial charge in [-0.25, -0.2) is 0 Å². The highest BCUT2D eigenvalue weighted by molar-refractivity contribution is 5.97. The number of nitro groups is 1. The number of carbonyl (C=O) groups excluding carboxylic acids is 1. The van der Waals surface area contributed by atoms with E-state index in [1.807, 2.05) is 0 Å². The summed E-state index contributed by atoms with van der Waals surface area (Å²) in [7, 11) is 0. The number of rotatable bonds is 3. The molecule has 0 N–H and O–H groups in total. The van der Waals surface area contributed by atoms with Crippen molar-refractivity contribution in [2.75, 3.05) is 31.1 Å². The molecule has 0 radical (unpaired) electrons. The molecule has 0 saturated carbocycles. The van der Waals surface area contributed by atoms with Crippen LogP contribution < -0.4 is 4.90 Å². The van der Waals surface area contributed by atoms with Crippen LogP contribution >= 0.6 is 0 Å². The first-order valence-corrected chi connectivity index (χ1v) is 7.95. The third kappa shape index (κ3) is 3.11. The zero-order valence-corrected chi connectivity index (χ0v) is 12.7. The molecule has 3 rings (SSSR count). The summed E-state index contributed by atoms with van der Waals surface area (Å²) >= 11 is 0. The average Bonchev–Trinajstić information content (AvgIpc) is 2.76. The van der Waals surface area contributed by atoms with Crippen LogP contribution in [0, 0.1) is 10.1 Å². The second kappa shape index (κ2) is 6.44. The highest BCUT2D eigenvalue weighted by atomic mass is 16.6. The number of hydrogen-bond donors (Lipinski definition) is 0. The molecular weight excluding hydrogens is 282 g/mol. The molecule has 0 bridgehead atoms. The van der Waals surface area contributed by atoms with Crippen LogP contribution in [0.1, 0.15) is 31.2 Å². The Hall–Kier alpha value is -1.95. The Bertz CT molecular complexity index is 580. The fourth-order valence-electron chi connectivity index (χ4n) is 3.31. The number of amides is 1. The Morgan fingerprint density at radius 2 is 1.86 bits per heavy atom. The van der Waals surface area contributed by atoms with Crippen molar-refractivity contribution in [3.8, 4) is 0 Å². The molecule has 22 heavy (non-hydrogen) atoms. The minimum atomic E-state index is -0.407. The Kier molecular flexibility index (Phi) is 4.38. The van der Waals surface area contributed by atoms with Crippen LogP contribution in [0.2, 0.25) is 0 Å². The molecule has 1 aromatic carbocycles. The van der Waals surface area contributed by atoms with Crippen molar-refractivity contribution in [1.82, 2.24) is 4.90 Å². The molecule has 1 aromatic rings. The van der Waals surface area contributed by atoms with Gasteiger partial charge in [-0.05, 0) is 37.9 Å². The summed E-state index contributed by atoms with van der Waals surface area (Å²) in [6.07, 6.45) is 5.55. The molecule has 2 aliphatic heterocycles. The van der Waals surface area contributed by atoms with E-state index in [0.29, 0.717) is 18.8 Å². The number of non-ortho nitro benzene ring substituents is 1. The maximum Gasteiger partial charge on any atom is 0.271 e. The summed E-state index contributed by atoms with van der Waals surface area (Å²) in [6.45, 7) is 2.99. The number of benzene rings is 1. The minimum absolute atomic E-state index is 0.0493. The molecule has 118 valence electrons. The molecule has 1 amide bonds. The zero-order chi connectivity index (χ0) is 15.5. The van der Waals surface area contributed by atoms with Crippen LogP contribution in [-0.4, -0.2) is 41.9 Å². The lowest BCUT2D eigenvalue weighted by atomic mass is 10.1. The maximum atomic E-state index is 12.6. The SMILES string of the molecule is O=C(CN1CCCCCC1)N1CCc2ccc([N+](=O)[O-])cc21. The highest BCUT2D eigenvalue weighted by Crippen LogP contribution is 2.31. The van der Waals surface area contributed by atoms with Gasteiger partial charge in [0.05, 0.1) is 17.2 Å². The third-order valence-electron chi connectivity index (χ3n) is 4.53. The van der Waals surface area contributed by atoms with Crippen molar-refractivity contribution in [2.24, 2.45) is 0 Å². The van der Waals surface area contributed by atoms with E-state index in [1.54, 1.807) is 11.0 Å². The lowest BCUT2D eigenvalue weighted by Gasteiger charge is -2.23. The summed E-state index contributed by atoms with van der Waals surface area (Å²) < 4.78 is 0. The van der Waals surface area contributed by atoms with E-state index < -0.39 is 4.92 Å². The predicted octanol–water partition coefficient (Wildman–Crippen LogP) is 2.36. The molecule has 0 unspecified atom stereocenters. The van der Waals surface area contributed by atoms with Gasteiger partial charge in [0.2, 0.25) is 5.91 Å². The summed E-state index contributed by atoms with van der Waals surface area (Å²) in [5, 5.41) is 10.9. The predicted molar refractivity (Wildman–Crippen MR) is 84.1 cm³/mol. The van der Waals surface area contributed by atoms with Gasteiger partial charge in [-0.3, -0.25) is 19.8 Å². The Morgan fingerprint density at radius 3 is 2.55 bits per heavy atom. The maximum absolute atomic E-state index is 12.6. The first kappa shape index (κ1) is 15.0. The molecule has 6 heteroatoms. The van der Waals surface area contributed by atoms with Gasteiger partial charge in [-0.15, -0.1) is 0 Å². The molecule has 2 aliphatic rings. The van der Waals surface area contributed by atoms with Crippen molar-refractivity contribution >= 4 is 17.3 Å². The molecule has 1 fully saturated rings. The summed E-state index contributed by atoms with van der Waals surface area (Å²) in [5.74, 6) is 0.0566.